The molecule has 0 aliphatic carbocycles. The van der Waals surface area contributed by atoms with Crippen molar-refractivity contribution < 1.29 is 23.1 Å². The predicted octanol–water partition coefficient (Wildman–Crippen LogP) is 6.77. The number of rotatable bonds is 12. The summed E-state index contributed by atoms with van der Waals surface area (Å²) in [6.07, 6.45) is 5.66. The average Bonchev–Trinajstić information content (AvgIpc) is 3.41. The summed E-state index contributed by atoms with van der Waals surface area (Å²) in [7, 11) is -2.16. The first kappa shape index (κ1) is 34.9. The lowest BCUT2D eigenvalue weighted by atomic mass is 9.79. The second kappa shape index (κ2) is 14.1. The molecule has 1 aromatic heterocycles. The number of piperidine rings is 1. The summed E-state index contributed by atoms with van der Waals surface area (Å²) in [6.45, 7) is 7.07. The van der Waals surface area contributed by atoms with Crippen molar-refractivity contribution in [3.8, 4) is 0 Å². The molecule has 1 N–H and O–H groups in total. The Kier molecular flexibility index (Phi) is 10.1. The zero-order valence-corrected chi connectivity index (χ0v) is 30.0. The van der Waals surface area contributed by atoms with E-state index in [9.17, 15) is 23.1 Å². The smallest absolute Gasteiger partial charge is 0.241 e. The maximum Gasteiger partial charge on any atom is 0.241 e. The molecule has 260 valence electrons. The van der Waals surface area contributed by atoms with Gasteiger partial charge in [0.05, 0.1) is 23.2 Å². The number of likely N-dealkylation sites (tertiary alicyclic amines) is 1. The molecule has 2 aliphatic heterocycles. The molecule has 0 saturated carbocycles. The third kappa shape index (κ3) is 6.93. The zero-order valence-electron chi connectivity index (χ0n) is 29.1. The van der Waals surface area contributed by atoms with Gasteiger partial charge >= 0.3 is 0 Å². The molecule has 0 bridgehead atoms. The van der Waals surface area contributed by atoms with E-state index in [2.05, 4.69) is 13.1 Å². The van der Waals surface area contributed by atoms with Crippen molar-refractivity contribution in [1.82, 2.24) is 9.47 Å². The molecule has 9 heteroatoms. The van der Waals surface area contributed by atoms with Gasteiger partial charge in [-0.15, -0.1) is 0 Å². The maximum absolute atomic E-state index is 14.4. The minimum absolute atomic E-state index is 0.0242. The Morgan fingerprint density at radius 1 is 1.02 bits per heavy atom. The molecule has 1 saturated heterocycles. The number of nitrogens with zero attached hydrogens (tertiary/aromatic N) is 3. The second-order valence-corrected chi connectivity index (χ2v) is 17.2. The summed E-state index contributed by atoms with van der Waals surface area (Å²) in [5.74, 6) is -1.38. The Bertz CT molecular complexity index is 1920. The topological polar surface area (TPSA) is 99.9 Å². The number of carbonyl (C=O) groups excluding carboxylic acids is 2. The third-order valence-corrected chi connectivity index (χ3v) is 13.0. The first-order valence-electron chi connectivity index (χ1n) is 17.6. The number of ketones is 1. The molecule has 1 fully saturated rings. The molecule has 2 aliphatic rings. The molecule has 6 rings (SSSR count). The molecule has 0 radical (unpaired) electrons. The van der Waals surface area contributed by atoms with Crippen LogP contribution in [0.1, 0.15) is 79.9 Å². The van der Waals surface area contributed by atoms with Crippen molar-refractivity contribution in [3.05, 3.63) is 101 Å². The fourth-order valence-electron chi connectivity index (χ4n) is 7.74. The number of unbranched alkanes of at least 4 members (excludes halogenated alkanes) is 1. The second-order valence-electron chi connectivity index (χ2n) is 14.6. The van der Waals surface area contributed by atoms with Gasteiger partial charge in [0.2, 0.25) is 15.9 Å². The number of amides is 1. The molecular formula is C40H49N3O5S. The molecule has 3 atom stereocenters. The van der Waals surface area contributed by atoms with Crippen LogP contribution in [0.5, 0.6) is 0 Å². The summed E-state index contributed by atoms with van der Waals surface area (Å²) < 4.78 is 29.9. The summed E-state index contributed by atoms with van der Waals surface area (Å²) >= 11 is 0. The molecule has 1 amide bonds. The van der Waals surface area contributed by atoms with Crippen LogP contribution in [0, 0.1) is 11.8 Å². The van der Waals surface area contributed by atoms with Gasteiger partial charge in [0, 0.05) is 50.2 Å². The minimum atomic E-state index is -3.74. The highest BCUT2D eigenvalue weighted by Crippen LogP contribution is 2.41. The summed E-state index contributed by atoms with van der Waals surface area (Å²) in [6, 6.07) is 23.3. The monoisotopic (exact) mass is 683 g/mol. The number of Topliss-reactive ketones (excluding diaryl/α,β-unsaturated/α-hetero) is 1. The molecule has 3 heterocycles. The third-order valence-electron chi connectivity index (χ3n) is 10.6. The molecule has 0 spiro atoms. The van der Waals surface area contributed by atoms with Gasteiger partial charge in [-0.05, 0) is 80.7 Å². The molecule has 0 unspecified atom stereocenters. The normalized spacial score (nSPS) is 19.9. The molecular weight excluding hydrogens is 635 g/mol. The maximum atomic E-state index is 14.4. The highest BCUT2D eigenvalue weighted by Gasteiger charge is 2.43. The number of anilines is 1. The number of hydrogen-bond donors (Lipinski definition) is 1. The molecule has 3 aromatic carbocycles. The number of aromatic nitrogens is 1. The van der Waals surface area contributed by atoms with E-state index in [4.69, 9.17) is 0 Å². The van der Waals surface area contributed by atoms with E-state index in [0.717, 1.165) is 53.3 Å². The van der Waals surface area contributed by atoms with E-state index >= 15 is 0 Å². The van der Waals surface area contributed by atoms with Crippen molar-refractivity contribution in [3.63, 3.8) is 0 Å². The summed E-state index contributed by atoms with van der Waals surface area (Å²) in [4.78, 5) is 30.1. The van der Waals surface area contributed by atoms with Crippen LogP contribution in [0.4, 0.5) is 5.69 Å². The van der Waals surface area contributed by atoms with Gasteiger partial charge in [-0.25, -0.2) is 8.42 Å². The highest BCUT2D eigenvalue weighted by molar-refractivity contribution is 7.94. The number of aliphatic hydroxyl groups is 1. The number of aryl methyl sites for hydroxylation is 1. The van der Waals surface area contributed by atoms with Gasteiger partial charge in [-0.2, -0.15) is 0 Å². The molecule has 8 nitrogen and oxygen atoms in total. The van der Waals surface area contributed by atoms with E-state index < -0.39 is 32.7 Å². The minimum Gasteiger partial charge on any atom is -0.392 e. The largest absolute Gasteiger partial charge is 0.392 e. The number of carbonyl (C=O) groups is 2. The summed E-state index contributed by atoms with van der Waals surface area (Å²) in [5.41, 5.74) is 4.87. The zero-order chi connectivity index (χ0) is 34.9. The van der Waals surface area contributed by atoms with Gasteiger partial charge in [-0.1, -0.05) is 74.0 Å². The van der Waals surface area contributed by atoms with Crippen molar-refractivity contribution >= 4 is 38.3 Å². The van der Waals surface area contributed by atoms with Crippen molar-refractivity contribution in [1.29, 1.82) is 0 Å². The van der Waals surface area contributed by atoms with E-state index in [1.807, 2.05) is 76.2 Å². The fraction of sp³-hybridized carbons (Fsp3) is 0.450. The number of aliphatic hydroxyl groups excluding tert-OH is 1. The van der Waals surface area contributed by atoms with Crippen LogP contribution in [0.15, 0.2) is 79.0 Å². The van der Waals surface area contributed by atoms with E-state index in [1.165, 1.54) is 4.31 Å². The van der Waals surface area contributed by atoms with E-state index in [1.54, 1.807) is 27.0 Å². The number of benzene rings is 3. The van der Waals surface area contributed by atoms with Gasteiger partial charge < -0.3 is 14.6 Å². The van der Waals surface area contributed by atoms with Gasteiger partial charge in [0.15, 0.2) is 5.78 Å². The first-order valence-corrected chi connectivity index (χ1v) is 19.1. The Balaban J connectivity index is 1.35. The van der Waals surface area contributed by atoms with Crippen LogP contribution in [-0.2, 0) is 40.7 Å². The lowest BCUT2D eigenvalue weighted by Crippen LogP contribution is -2.47. The highest BCUT2D eigenvalue weighted by atomic mass is 32.2. The van der Waals surface area contributed by atoms with Crippen molar-refractivity contribution in [2.75, 3.05) is 17.9 Å². The Hall–Kier alpha value is -3.95. The summed E-state index contributed by atoms with van der Waals surface area (Å²) in [5, 5.41) is 12.9. The van der Waals surface area contributed by atoms with Crippen LogP contribution in [-0.4, -0.2) is 59.1 Å². The van der Waals surface area contributed by atoms with Crippen LogP contribution in [0.25, 0.3) is 10.9 Å². The van der Waals surface area contributed by atoms with Gasteiger partial charge in [0.25, 0.3) is 0 Å². The fourth-order valence-corrected chi connectivity index (χ4v) is 9.18. The van der Waals surface area contributed by atoms with Crippen LogP contribution in [0.2, 0.25) is 0 Å². The van der Waals surface area contributed by atoms with Crippen molar-refractivity contribution in [2.45, 2.75) is 89.7 Å². The van der Waals surface area contributed by atoms with Gasteiger partial charge in [0.1, 0.15) is 4.75 Å². The average molecular weight is 684 g/mol. The quantitative estimate of drug-likeness (QED) is 0.166. The number of sulfonamides is 1. The standard InChI is InChI=1S/C40H49N3O5S/c1-5-6-18-30-26-43-27-40(2,3)49(47,48)41(4)35-23-31(22-34(30)37(35)43)36(44)24-32(21-28-14-9-7-10-15-28)38(45)33-19-13-20-42(39(33)46)25-29-16-11-8-12-17-29/h7-12,14-17,22-23,26,32-33,38,45H,5-6,13,18-21,24-25,27H2,1-4H3/t32-,33+,38+/m1/s1. The molecule has 49 heavy (non-hydrogen) atoms. The Labute approximate surface area is 290 Å². The lowest BCUT2D eigenvalue weighted by molar-refractivity contribution is -0.145. The lowest BCUT2D eigenvalue weighted by Gasteiger charge is -2.37. The van der Waals surface area contributed by atoms with Crippen LogP contribution < -0.4 is 4.31 Å². The van der Waals surface area contributed by atoms with Crippen LogP contribution >= 0.6 is 0 Å². The Morgan fingerprint density at radius 2 is 1.69 bits per heavy atom. The van der Waals surface area contributed by atoms with E-state index in [0.29, 0.717) is 43.7 Å². The number of hydrogen-bond acceptors (Lipinski definition) is 5. The van der Waals surface area contributed by atoms with Gasteiger partial charge in [-0.3, -0.25) is 13.9 Å². The first-order chi connectivity index (χ1) is 23.4. The molecule has 4 aromatic rings. The SMILES string of the molecule is CCCCc1cn2c3c(cc(C(=O)C[C@@H](Cc4ccccc4)[C@H](O)[C@@H]4CCCN(Cc5ccccc5)C4=O)cc13)N(C)S(=O)(=O)C(C)(C)C2. The van der Waals surface area contributed by atoms with E-state index in [-0.39, 0.29) is 18.1 Å². The Morgan fingerprint density at radius 3 is 2.37 bits per heavy atom. The van der Waals surface area contributed by atoms with Crippen molar-refractivity contribution in [2.24, 2.45) is 11.8 Å². The predicted molar refractivity (Wildman–Crippen MR) is 195 cm³/mol. The van der Waals surface area contributed by atoms with Crippen LogP contribution in [0.3, 0.4) is 0 Å².